The van der Waals surface area contributed by atoms with Crippen LogP contribution in [0.4, 0.5) is 0 Å². The van der Waals surface area contributed by atoms with Crippen LogP contribution in [0.15, 0.2) is 23.0 Å². The van der Waals surface area contributed by atoms with E-state index in [4.69, 9.17) is 27.9 Å². The minimum absolute atomic E-state index is 0.00953. The average Bonchev–Trinajstić information content (AvgIpc) is 3.06. The van der Waals surface area contributed by atoms with E-state index >= 15 is 0 Å². The maximum absolute atomic E-state index is 12.5. The first-order chi connectivity index (χ1) is 15.2. The van der Waals surface area contributed by atoms with Gasteiger partial charge in [-0.25, -0.2) is 9.78 Å². The Balaban J connectivity index is 1.62. The Morgan fingerprint density at radius 2 is 2.03 bits per heavy atom. The molecule has 0 saturated heterocycles. The first kappa shape index (κ1) is 24.2. The van der Waals surface area contributed by atoms with Gasteiger partial charge in [0.15, 0.2) is 6.61 Å². The van der Waals surface area contributed by atoms with Gasteiger partial charge in [-0.3, -0.25) is 9.59 Å². The molecule has 2 N–H and O–H groups in total. The van der Waals surface area contributed by atoms with Crippen LogP contribution < -0.4 is 10.9 Å². The molecule has 0 bridgehead atoms. The Morgan fingerprint density at radius 3 is 2.72 bits per heavy atom. The number of ether oxygens (including phenoxy) is 1. The lowest BCUT2D eigenvalue weighted by Crippen LogP contribution is -2.32. The number of thiophene rings is 1. The van der Waals surface area contributed by atoms with Crippen LogP contribution in [0.3, 0.4) is 0 Å². The molecule has 1 aromatic carbocycles. The van der Waals surface area contributed by atoms with Crippen LogP contribution in [0, 0.1) is 13.8 Å². The van der Waals surface area contributed by atoms with Crippen LogP contribution in [0.1, 0.15) is 52.3 Å². The van der Waals surface area contributed by atoms with Crippen molar-refractivity contribution in [2.75, 3.05) is 13.2 Å². The van der Waals surface area contributed by atoms with Crippen molar-refractivity contribution in [3.63, 3.8) is 0 Å². The summed E-state index contributed by atoms with van der Waals surface area (Å²) in [7, 11) is 0. The normalized spacial score (nSPS) is 12.0. The van der Waals surface area contributed by atoms with Gasteiger partial charge in [0.25, 0.3) is 11.5 Å². The second-order valence-electron chi connectivity index (χ2n) is 7.42. The highest BCUT2D eigenvalue weighted by atomic mass is 35.5. The monoisotopic (exact) mass is 495 g/mol. The van der Waals surface area contributed by atoms with Crippen molar-refractivity contribution in [3.05, 3.63) is 60.4 Å². The number of halogens is 2. The molecule has 7 nitrogen and oxygen atoms in total. The summed E-state index contributed by atoms with van der Waals surface area (Å²) in [4.78, 5) is 44.6. The summed E-state index contributed by atoms with van der Waals surface area (Å²) in [5.41, 5.74) is 1.09. The molecule has 3 aromatic rings. The summed E-state index contributed by atoms with van der Waals surface area (Å²) in [5, 5.41) is 4.26. The van der Waals surface area contributed by atoms with E-state index in [1.54, 1.807) is 26.0 Å². The third-order valence-electron chi connectivity index (χ3n) is 5.02. The fraction of sp³-hybridized carbons (Fsp3) is 0.364. The number of amides is 1. The number of hydrogen-bond donors (Lipinski definition) is 2. The summed E-state index contributed by atoms with van der Waals surface area (Å²) in [5.74, 6) is -0.612. The lowest BCUT2D eigenvalue weighted by Gasteiger charge is -2.19. The van der Waals surface area contributed by atoms with Crippen LogP contribution in [0.5, 0.6) is 0 Å². The molecular weight excluding hydrogens is 473 g/mol. The fourth-order valence-corrected chi connectivity index (χ4v) is 5.16. The number of nitrogens with one attached hydrogen (secondary N) is 2. The highest BCUT2D eigenvalue weighted by molar-refractivity contribution is 7.20. The molecule has 170 valence electrons. The number of aryl methyl sites for hydroxylation is 2. The molecule has 2 heterocycles. The van der Waals surface area contributed by atoms with Crippen LogP contribution in [-0.2, 0) is 9.53 Å². The predicted molar refractivity (Wildman–Crippen MR) is 127 cm³/mol. The summed E-state index contributed by atoms with van der Waals surface area (Å²) < 4.78 is 5.18. The molecule has 32 heavy (non-hydrogen) atoms. The number of rotatable bonds is 8. The summed E-state index contributed by atoms with van der Waals surface area (Å²) in [6.45, 7) is 5.30. The molecular formula is C22H23Cl2N3O4S. The molecule has 0 fully saturated rings. The molecule has 0 aliphatic heterocycles. The van der Waals surface area contributed by atoms with Crippen molar-refractivity contribution < 1.29 is 14.3 Å². The first-order valence-corrected chi connectivity index (χ1v) is 11.7. The van der Waals surface area contributed by atoms with Crippen molar-refractivity contribution in [2.24, 2.45) is 0 Å². The zero-order valence-electron chi connectivity index (χ0n) is 17.9. The lowest BCUT2D eigenvalue weighted by molar-refractivity contribution is -0.124. The van der Waals surface area contributed by atoms with Gasteiger partial charge >= 0.3 is 5.97 Å². The molecule has 1 atom stereocenters. The molecule has 0 aliphatic carbocycles. The van der Waals surface area contributed by atoms with E-state index < -0.39 is 18.5 Å². The van der Waals surface area contributed by atoms with Crippen molar-refractivity contribution in [1.29, 1.82) is 0 Å². The van der Waals surface area contributed by atoms with E-state index in [1.807, 2.05) is 6.07 Å². The quantitative estimate of drug-likeness (QED) is 0.438. The number of hydrogen-bond acceptors (Lipinski definition) is 6. The van der Waals surface area contributed by atoms with Crippen LogP contribution in [0.25, 0.3) is 10.2 Å². The number of carbonyl (C=O) groups is 2. The van der Waals surface area contributed by atoms with Gasteiger partial charge in [-0.1, -0.05) is 42.6 Å². The maximum atomic E-state index is 12.5. The van der Waals surface area contributed by atoms with Crippen LogP contribution >= 0.6 is 34.5 Å². The van der Waals surface area contributed by atoms with Gasteiger partial charge in [0.05, 0.1) is 5.39 Å². The number of aromatic nitrogens is 2. The zero-order valence-corrected chi connectivity index (χ0v) is 20.2. The number of aromatic amines is 1. The average molecular weight is 496 g/mol. The second kappa shape index (κ2) is 10.5. The predicted octanol–water partition coefficient (Wildman–Crippen LogP) is 4.77. The van der Waals surface area contributed by atoms with Crippen molar-refractivity contribution >= 4 is 56.6 Å². The second-order valence-corrected chi connectivity index (χ2v) is 9.26. The first-order valence-electron chi connectivity index (χ1n) is 10.1. The Hall–Kier alpha value is -2.42. The SMILES string of the molecule is CCCC(CNC(=O)COC(=O)c1sc2nc(C)[nH]c(=O)c2c1C)c1ccc(Cl)cc1Cl. The summed E-state index contributed by atoms with van der Waals surface area (Å²) in [6.07, 6.45) is 1.73. The van der Waals surface area contributed by atoms with Gasteiger partial charge in [0.1, 0.15) is 15.5 Å². The summed E-state index contributed by atoms with van der Waals surface area (Å²) in [6, 6.07) is 5.31. The molecule has 10 heteroatoms. The maximum Gasteiger partial charge on any atom is 0.349 e. The van der Waals surface area contributed by atoms with Gasteiger partial charge in [-0.2, -0.15) is 0 Å². The molecule has 3 rings (SSSR count). The fourth-order valence-electron chi connectivity index (χ4n) is 3.48. The highest BCUT2D eigenvalue weighted by Gasteiger charge is 2.21. The van der Waals surface area contributed by atoms with E-state index in [2.05, 4.69) is 22.2 Å². The molecule has 2 aromatic heterocycles. The minimum atomic E-state index is -0.663. The zero-order chi connectivity index (χ0) is 23.4. The number of benzene rings is 1. The molecule has 1 amide bonds. The molecule has 0 spiro atoms. The number of fused-ring (bicyclic) bond motifs is 1. The number of H-pyrrole nitrogens is 1. The molecule has 0 radical (unpaired) electrons. The lowest BCUT2D eigenvalue weighted by atomic mass is 9.94. The Kier molecular flexibility index (Phi) is 7.92. The van der Waals surface area contributed by atoms with E-state index in [0.29, 0.717) is 38.2 Å². The Morgan fingerprint density at radius 1 is 1.28 bits per heavy atom. The molecule has 1 unspecified atom stereocenters. The highest BCUT2D eigenvalue weighted by Crippen LogP contribution is 2.30. The topological polar surface area (TPSA) is 101 Å². The number of carbonyl (C=O) groups excluding carboxylic acids is 2. The molecule has 0 saturated carbocycles. The van der Waals surface area contributed by atoms with E-state index in [1.165, 1.54) is 0 Å². The number of nitrogens with zero attached hydrogens (tertiary/aromatic N) is 1. The van der Waals surface area contributed by atoms with E-state index in [-0.39, 0.29) is 16.4 Å². The van der Waals surface area contributed by atoms with Gasteiger partial charge < -0.3 is 15.0 Å². The van der Waals surface area contributed by atoms with E-state index in [0.717, 1.165) is 29.7 Å². The van der Waals surface area contributed by atoms with Crippen molar-refractivity contribution in [3.8, 4) is 0 Å². The van der Waals surface area contributed by atoms with Crippen LogP contribution in [-0.4, -0.2) is 35.0 Å². The van der Waals surface area contributed by atoms with Gasteiger partial charge in [0.2, 0.25) is 0 Å². The van der Waals surface area contributed by atoms with Gasteiger partial charge in [-0.15, -0.1) is 11.3 Å². The third kappa shape index (κ3) is 5.49. The van der Waals surface area contributed by atoms with Crippen LogP contribution in [0.2, 0.25) is 10.0 Å². The van der Waals surface area contributed by atoms with Crippen molar-refractivity contribution in [2.45, 2.75) is 39.5 Å². The van der Waals surface area contributed by atoms with E-state index in [9.17, 15) is 14.4 Å². The largest absolute Gasteiger partial charge is 0.451 e. The van der Waals surface area contributed by atoms with Gasteiger partial charge in [-0.05, 0) is 43.5 Å². The third-order valence-corrected chi connectivity index (χ3v) is 6.75. The van der Waals surface area contributed by atoms with Crippen molar-refractivity contribution in [1.82, 2.24) is 15.3 Å². The standard InChI is InChI=1S/C22H23Cl2N3O4S/c1-4-5-13(15-7-6-14(23)8-16(15)24)9-25-17(28)10-31-22(30)19-11(2)18-20(29)26-12(3)27-21(18)32-19/h6-8,13H,4-5,9-10H2,1-3H3,(H,25,28)(H,26,27,29). The Labute approximate surface area is 199 Å². The van der Waals surface area contributed by atoms with Gasteiger partial charge in [0, 0.05) is 22.5 Å². The Bertz CT molecular complexity index is 1220. The summed E-state index contributed by atoms with van der Waals surface area (Å²) >= 11 is 13.4. The smallest absolute Gasteiger partial charge is 0.349 e. The number of esters is 1. The molecule has 0 aliphatic rings. The minimum Gasteiger partial charge on any atom is -0.451 e.